The van der Waals surface area contributed by atoms with E-state index in [1.54, 1.807) is 0 Å². The molecule has 4 rings (SSSR count). The Morgan fingerprint density at radius 2 is 1.72 bits per heavy atom. The van der Waals surface area contributed by atoms with Crippen LogP contribution in [0.25, 0.3) is 0 Å². The molecule has 3 aliphatic rings. The van der Waals surface area contributed by atoms with Crippen LogP contribution in [0.2, 0.25) is 0 Å². The first kappa shape index (κ1) is 16.7. The third kappa shape index (κ3) is 3.22. The van der Waals surface area contributed by atoms with Gasteiger partial charge in [0.15, 0.2) is 0 Å². The molecule has 0 spiro atoms. The zero-order chi connectivity index (χ0) is 17.6. The second-order valence-corrected chi connectivity index (χ2v) is 7.93. The fourth-order valence-corrected chi connectivity index (χ4v) is 4.59. The standard InChI is InChI=1S/C20H28N2O3/c1-12(2)24-15-6-4-14(5-7-15)13(3)21-20(23)22-10-16-17(11-22)19-9-8-18(16)25-19/h4-7,12-13,16-19H,8-11H2,1-3H3,(H,21,23)/t13-,16+,17+,18+,19+/m0/s1. The van der Waals surface area contributed by atoms with Crippen LogP contribution in [0.1, 0.15) is 45.2 Å². The topological polar surface area (TPSA) is 50.8 Å². The number of carbonyl (C=O) groups excluding carboxylic acids is 1. The van der Waals surface area contributed by atoms with Gasteiger partial charge in [0.2, 0.25) is 0 Å². The molecule has 3 saturated heterocycles. The number of hydrogen-bond donors (Lipinski definition) is 1. The van der Waals surface area contributed by atoms with Crippen LogP contribution in [0.5, 0.6) is 5.75 Å². The van der Waals surface area contributed by atoms with Crippen LogP contribution >= 0.6 is 0 Å². The first-order chi connectivity index (χ1) is 12.0. The number of likely N-dealkylation sites (tertiary alicyclic amines) is 1. The van der Waals surface area contributed by atoms with Crippen molar-refractivity contribution in [3.63, 3.8) is 0 Å². The van der Waals surface area contributed by atoms with Gasteiger partial charge in [-0.25, -0.2) is 4.79 Å². The molecule has 0 radical (unpaired) electrons. The summed E-state index contributed by atoms with van der Waals surface area (Å²) in [6.07, 6.45) is 3.28. The van der Waals surface area contributed by atoms with Crippen molar-refractivity contribution < 1.29 is 14.3 Å². The summed E-state index contributed by atoms with van der Waals surface area (Å²) in [5.74, 6) is 1.96. The maximum atomic E-state index is 12.7. The van der Waals surface area contributed by atoms with E-state index in [2.05, 4.69) is 5.32 Å². The van der Waals surface area contributed by atoms with E-state index in [0.717, 1.165) is 24.4 Å². The zero-order valence-electron chi connectivity index (χ0n) is 15.3. The van der Waals surface area contributed by atoms with Crippen LogP contribution in [0.15, 0.2) is 24.3 Å². The molecule has 0 aromatic heterocycles. The smallest absolute Gasteiger partial charge is 0.317 e. The Labute approximate surface area is 149 Å². The van der Waals surface area contributed by atoms with Crippen molar-refractivity contribution in [2.24, 2.45) is 11.8 Å². The van der Waals surface area contributed by atoms with E-state index in [9.17, 15) is 4.79 Å². The molecule has 1 aromatic rings. The molecule has 3 heterocycles. The molecular formula is C20H28N2O3. The van der Waals surface area contributed by atoms with Crippen molar-refractivity contribution in [2.75, 3.05) is 13.1 Å². The minimum atomic E-state index is -0.0194. The summed E-state index contributed by atoms with van der Waals surface area (Å²) in [7, 11) is 0. The molecule has 1 aromatic carbocycles. The van der Waals surface area contributed by atoms with E-state index in [0.29, 0.717) is 24.0 Å². The molecule has 3 aliphatic heterocycles. The van der Waals surface area contributed by atoms with E-state index in [-0.39, 0.29) is 18.2 Å². The molecular weight excluding hydrogens is 316 g/mol. The quantitative estimate of drug-likeness (QED) is 0.911. The van der Waals surface area contributed by atoms with Gasteiger partial charge >= 0.3 is 6.03 Å². The number of benzene rings is 1. The van der Waals surface area contributed by atoms with Gasteiger partial charge in [-0.05, 0) is 51.3 Å². The Bertz CT molecular complexity index is 612. The Balaban J connectivity index is 1.33. The first-order valence-electron chi connectivity index (χ1n) is 9.49. The number of carbonyl (C=O) groups is 1. The molecule has 2 amide bonds. The van der Waals surface area contributed by atoms with E-state index in [4.69, 9.17) is 9.47 Å². The first-order valence-corrected chi connectivity index (χ1v) is 9.49. The number of rotatable bonds is 4. The Kier molecular flexibility index (Phi) is 4.36. The van der Waals surface area contributed by atoms with Crippen molar-refractivity contribution in [3.05, 3.63) is 29.8 Å². The van der Waals surface area contributed by atoms with Gasteiger partial charge in [0.1, 0.15) is 5.75 Å². The lowest BCUT2D eigenvalue weighted by Gasteiger charge is -2.23. The largest absolute Gasteiger partial charge is 0.491 e. The van der Waals surface area contributed by atoms with Crippen LogP contribution in [0.3, 0.4) is 0 Å². The van der Waals surface area contributed by atoms with Gasteiger partial charge in [-0.2, -0.15) is 0 Å². The summed E-state index contributed by atoms with van der Waals surface area (Å²) in [6, 6.07) is 8.00. The number of hydrogen-bond acceptors (Lipinski definition) is 3. The maximum Gasteiger partial charge on any atom is 0.317 e. The average Bonchev–Trinajstić information content (AvgIpc) is 3.27. The molecule has 0 saturated carbocycles. The summed E-state index contributed by atoms with van der Waals surface area (Å²) in [6.45, 7) is 7.73. The molecule has 5 nitrogen and oxygen atoms in total. The van der Waals surface area contributed by atoms with Crippen molar-refractivity contribution in [1.29, 1.82) is 0 Å². The monoisotopic (exact) mass is 344 g/mol. The van der Waals surface area contributed by atoms with Crippen molar-refractivity contribution in [3.8, 4) is 5.75 Å². The van der Waals surface area contributed by atoms with E-state index < -0.39 is 0 Å². The van der Waals surface area contributed by atoms with Crippen LogP contribution in [-0.4, -0.2) is 42.3 Å². The van der Waals surface area contributed by atoms with Gasteiger partial charge in [-0.15, -0.1) is 0 Å². The number of ether oxygens (including phenoxy) is 2. The molecule has 5 atom stereocenters. The van der Waals surface area contributed by atoms with E-state index in [1.165, 1.54) is 12.8 Å². The summed E-state index contributed by atoms with van der Waals surface area (Å²) in [4.78, 5) is 14.6. The number of urea groups is 1. The molecule has 136 valence electrons. The Morgan fingerprint density at radius 3 is 2.28 bits per heavy atom. The maximum absolute atomic E-state index is 12.7. The molecule has 1 N–H and O–H groups in total. The van der Waals surface area contributed by atoms with Gasteiger partial charge in [-0.3, -0.25) is 0 Å². The highest BCUT2D eigenvalue weighted by molar-refractivity contribution is 5.75. The van der Waals surface area contributed by atoms with Gasteiger partial charge < -0.3 is 19.7 Å². The Morgan fingerprint density at radius 1 is 1.12 bits per heavy atom. The van der Waals surface area contributed by atoms with E-state index >= 15 is 0 Å². The number of fused-ring (bicyclic) bond motifs is 5. The third-order valence-electron chi connectivity index (χ3n) is 5.83. The highest BCUT2D eigenvalue weighted by Crippen LogP contribution is 2.47. The third-order valence-corrected chi connectivity index (χ3v) is 5.83. The number of nitrogens with one attached hydrogen (secondary N) is 1. The predicted molar refractivity (Wildman–Crippen MR) is 95.6 cm³/mol. The van der Waals surface area contributed by atoms with Gasteiger partial charge in [0, 0.05) is 24.9 Å². The highest BCUT2D eigenvalue weighted by Gasteiger charge is 2.53. The molecule has 0 unspecified atom stereocenters. The fraction of sp³-hybridized carbons (Fsp3) is 0.650. The predicted octanol–water partition coefficient (Wildman–Crippen LogP) is 3.35. The van der Waals surface area contributed by atoms with Crippen LogP contribution in [-0.2, 0) is 4.74 Å². The number of nitrogens with zero attached hydrogens (tertiary/aromatic N) is 1. The minimum absolute atomic E-state index is 0.0194. The molecule has 0 aliphatic carbocycles. The lowest BCUT2D eigenvalue weighted by Crippen LogP contribution is -2.40. The van der Waals surface area contributed by atoms with Crippen molar-refractivity contribution in [1.82, 2.24) is 10.2 Å². The molecule has 25 heavy (non-hydrogen) atoms. The second kappa shape index (κ2) is 6.52. The summed E-state index contributed by atoms with van der Waals surface area (Å²) in [5.41, 5.74) is 1.09. The molecule has 2 bridgehead atoms. The van der Waals surface area contributed by atoms with Crippen molar-refractivity contribution >= 4 is 6.03 Å². The SMILES string of the molecule is CC(C)Oc1ccc([C@H](C)NC(=O)N2C[C@@H]3[C@@H](C2)[C@H]2CC[C@H]3O2)cc1. The summed E-state index contributed by atoms with van der Waals surface area (Å²) in [5, 5.41) is 3.14. The second-order valence-electron chi connectivity index (χ2n) is 7.93. The minimum Gasteiger partial charge on any atom is -0.491 e. The summed E-state index contributed by atoms with van der Waals surface area (Å²) >= 11 is 0. The molecule has 5 heteroatoms. The van der Waals surface area contributed by atoms with E-state index in [1.807, 2.05) is 49.9 Å². The van der Waals surface area contributed by atoms with Crippen molar-refractivity contribution in [2.45, 2.75) is 58.0 Å². The fourth-order valence-electron chi connectivity index (χ4n) is 4.59. The van der Waals surface area contributed by atoms with Crippen LogP contribution in [0, 0.1) is 11.8 Å². The summed E-state index contributed by atoms with van der Waals surface area (Å²) < 4.78 is 11.7. The average molecular weight is 344 g/mol. The van der Waals surface area contributed by atoms with Crippen LogP contribution in [0.4, 0.5) is 4.79 Å². The molecule has 3 fully saturated rings. The Hall–Kier alpha value is -1.75. The zero-order valence-corrected chi connectivity index (χ0v) is 15.3. The lowest BCUT2D eigenvalue weighted by atomic mass is 9.82. The highest BCUT2D eigenvalue weighted by atomic mass is 16.5. The van der Waals surface area contributed by atoms with Crippen LogP contribution < -0.4 is 10.1 Å². The van der Waals surface area contributed by atoms with Gasteiger partial charge in [0.25, 0.3) is 0 Å². The van der Waals surface area contributed by atoms with Gasteiger partial charge in [0.05, 0.1) is 24.4 Å². The normalized spacial score (nSPS) is 31.3. The number of amides is 2. The lowest BCUT2D eigenvalue weighted by molar-refractivity contribution is 0.0737. The van der Waals surface area contributed by atoms with Gasteiger partial charge in [-0.1, -0.05) is 12.1 Å².